The molecule has 37 heavy (non-hydrogen) atoms. The first kappa shape index (κ1) is 29.1. The summed E-state index contributed by atoms with van der Waals surface area (Å²) in [4.78, 5) is 0. The lowest BCUT2D eigenvalue weighted by atomic mass is 9.77. The molecule has 1 aliphatic rings. The van der Waals surface area contributed by atoms with Crippen molar-refractivity contribution in [3.8, 4) is 23.7 Å². The predicted octanol–water partition coefficient (Wildman–Crippen LogP) is 10.8. The maximum atomic E-state index is 3.35. The Bertz CT molecular complexity index is 978. The topological polar surface area (TPSA) is 0 Å². The smallest absolute Gasteiger partial charge is 0.0249 e. The molecule has 0 atom stereocenters. The summed E-state index contributed by atoms with van der Waals surface area (Å²) in [6.45, 7) is 4.56. The highest BCUT2D eigenvalue weighted by molar-refractivity contribution is 5.46. The summed E-state index contributed by atoms with van der Waals surface area (Å²) in [6.07, 6.45) is 23.1. The normalized spacial score (nSPS) is 16.9. The van der Waals surface area contributed by atoms with Crippen LogP contribution >= 0.6 is 0 Å². The van der Waals surface area contributed by atoms with E-state index in [-0.39, 0.29) is 0 Å². The largest absolute Gasteiger partial charge is 0.0979 e. The molecule has 0 amide bonds. The van der Waals surface area contributed by atoms with E-state index in [0.717, 1.165) is 34.9 Å². The highest BCUT2D eigenvalue weighted by Crippen LogP contribution is 2.37. The van der Waals surface area contributed by atoms with Crippen LogP contribution in [0.25, 0.3) is 0 Å². The minimum atomic E-state index is 0.743. The molecule has 3 rings (SSSR count). The Kier molecular flexibility index (Phi) is 14.1. The summed E-state index contributed by atoms with van der Waals surface area (Å²) in [6, 6.07) is 17.5. The third-order valence-electron chi connectivity index (χ3n) is 8.07. The number of rotatable bonds is 13. The van der Waals surface area contributed by atoms with E-state index in [2.05, 4.69) is 86.1 Å². The lowest BCUT2D eigenvalue weighted by Crippen LogP contribution is -2.13. The Morgan fingerprint density at radius 3 is 1.62 bits per heavy atom. The van der Waals surface area contributed by atoms with Crippen LogP contribution in [0.1, 0.15) is 151 Å². The van der Waals surface area contributed by atoms with Gasteiger partial charge in [-0.25, -0.2) is 0 Å². The first-order chi connectivity index (χ1) is 18.3. The van der Waals surface area contributed by atoms with Crippen molar-refractivity contribution >= 4 is 0 Å². The van der Waals surface area contributed by atoms with Crippen molar-refractivity contribution in [1.82, 2.24) is 0 Å². The van der Waals surface area contributed by atoms with Crippen molar-refractivity contribution in [2.24, 2.45) is 5.92 Å². The van der Waals surface area contributed by atoms with Crippen LogP contribution in [0.2, 0.25) is 0 Å². The fraction of sp³-hybridized carbons (Fsp3) is 0.568. The third kappa shape index (κ3) is 11.7. The van der Waals surface area contributed by atoms with Crippen LogP contribution in [-0.4, -0.2) is 0 Å². The second kappa shape index (κ2) is 17.9. The highest BCUT2D eigenvalue weighted by atomic mass is 14.3. The molecule has 0 aromatic heterocycles. The summed E-state index contributed by atoms with van der Waals surface area (Å²) < 4.78 is 0. The van der Waals surface area contributed by atoms with Gasteiger partial charge in [-0.3, -0.25) is 0 Å². The van der Waals surface area contributed by atoms with Gasteiger partial charge >= 0.3 is 0 Å². The van der Waals surface area contributed by atoms with Gasteiger partial charge in [0.15, 0.2) is 0 Å². The van der Waals surface area contributed by atoms with E-state index in [1.807, 2.05) is 0 Å². The second-order valence-corrected chi connectivity index (χ2v) is 11.2. The van der Waals surface area contributed by atoms with Gasteiger partial charge < -0.3 is 0 Å². The molecule has 0 heterocycles. The summed E-state index contributed by atoms with van der Waals surface area (Å²) in [7, 11) is 0. The average molecular weight is 495 g/mol. The molecular formula is C37H50. The molecule has 2 aromatic carbocycles. The van der Waals surface area contributed by atoms with Crippen LogP contribution in [0.15, 0.2) is 48.5 Å². The second-order valence-electron chi connectivity index (χ2n) is 11.2. The SMILES string of the molecule is CCCCCCCC#Cc1ccc(C#Cc2ccc(C3CCC(CCCCCCCC)CC3)cc2)cc1. The Morgan fingerprint density at radius 2 is 1.03 bits per heavy atom. The average Bonchev–Trinajstić information content (AvgIpc) is 2.94. The monoisotopic (exact) mass is 494 g/mol. The molecule has 2 aromatic rings. The zero-order valence-electron chi connectivity index (χ0n) is 23.8. The zero-order chi connectivity index (χ0) is 26.0. The summed E-state index contributed by atoms with van der Waals surface area (Å²) >= 11 is 0. The molecule has 0 bridgehead atoms. The van der Waals surface area contributed by atoms with E-state index in [0.29, 0.717) is 0 Å². The van der Waals surface area contributed by atoms with Gasteiger partial charge in [0, 0.05) is 23.1 Å². The Morgan fingerprint density at radius 1 is 0.541 bits per heavy atom. The molecule has 0 aliphatic heterocycles. The van der Waals surface area contributed by atoms with E-state index in [4.69, 9.17) is 0 Å². The minimum absolute atomic E-state index is 0.743. The molecule has 0 radical (unpaired) electrons. The van der Waals surface area contributed by atoms with Crippen molar-refractivity contribution in [3.05, 3.63) is 70.8 Å². The Balaban J connectivity index is 1.38. The lowest BCUT2D eigenvalue weighted by molar-refractivity contribution is 0.302. The standard InChI is InChI=1S/C37H50/c1-3-5-7-9-11-13-15-16-32-18-20-34(21-19-32)22-23-35-26-30-37(31-27-35)36-28-24-33(25-29-36)17-14-12-10-8-6-4-2/h18-21,26-27,30-31,33,36H,3-14,17,24-25,28-29H2,1-2H3. The Labute approximate surface area is 229 Å². The van der Waals surface area contributed by atoms with Crippen LogP contribution in [0, 0.1) is 29.6 Å². The number of unbranched alkanes of at least 4 members (excludes halogenated alkanes) is 10. The summed E-state index contributed by atoms with van der Waals surface area (Å²) in [5, 5.41) is 0. The van der Waals surface area contributed by atoms with E-state index in [9.17, 15) is 0 Å². The molecule has 1 aliphatic carbocycles. The van der Waals surface area contributed by atoms with Gasteiger partial charge in [0.1, 0.15) is 0 Å². The maximum Gasteiger partial charge on any atom is 0.0249 e. The quantitative estimate of drug-likeness (QED) is 0.192. The van der Waals surface area contributed by atoms with Gasteiger partial charge in [0.2, 0.25) is 0 Å². The molecule has 0 unspecified atom stereocenters. The zero-order valence-corrected chi connectivity index (χ0v) is 23.8. The molecular weight excluding hydrogens is 444 g/mol. The Hall–Kier alpha value is -2.44. The van der Waals surface area contributed by atoms with Gasteiger partial charge in [0.05, 0.1) is 0 Å². The van der Waals surface area contributed by atoms with Crippen LogP contribution < -0.4 is 0 Å². The van der Waals surface area contributed by atoms with E-state index < -0.39 is 0 Å². The molecule has 0 nitrogen and oxygen atoms in total. The molecule has 198 valence electrons. The predicted molar refractivity (Wildman–Crippen MR) is 162 cm³/mol. The van der Waals surface area contributed by atoms with Crippen molar-refractivity contribution in [3.63, 3.8) is 0 Å². The third-order valence-corrected chi connectivity index (χ3v) is 8.07. The molecule has 0 spiro atoms. The first-order valence-corrected chi connectivity index (χ1v) is 15.5. The highest BCUT2D eigenvalue weighted by Gasteiger charge is 2.21. The number of hydrogen-bond acceptors (Lipinski definition) is 0. The van der Waals surface area contributed by atoms with Crippen LogP contribution in [0.4, 0.5) is 0 Å². The van der Waals surface area contributed by atoms with Crippen molar-refractivity contribution in [2.75, 3.05) is 0 Å². The van der Waals surface area contributed by atoms with Crippen LogP contribution in [0.3, 0.4) is 0 Å². The number of hydrogen-bond donors (Lipinski definition) is 0. The molecule has 1 saturated carbocycles. The van der Waals surface area contributed by atoms with Gasteiger partial charge in [-0.2, -0.15) is 0 Å². The molecule has 0 saturated heterocycles. The van der Waals surface area contributed by atoms with Crippen molar-refractivity contribution in [1.29, 1.82) is 0 Å². The summed E-state index contributed by atoms with van der Waals surface area (Å²) in [5.74, 6) is 15.0. The molecule has 0 N–H and O–H groups in total. The fourth-order valence-electron chi connectivity index (χ4n) is 5.60. The van der Waals surface area contributed by atoms with Gasteiger partial charge in [-0.15, -0.1) is 0 Å². The molecule has 0 heteroatoms. The summed E-state index contributed by atoms with van der Waals surface area (Å²) in [5.41, 5.74) is 4.76. The minimum Gasteiger partial charge on any atom is -0.0979 e. The van der Waals surface area contributed by atoms with Crippen molar-refractivity contribution < 1.29 is 0 Å². The van der Waals surface area contributed by atoms with E-state index in [1.165, 1.54) is 108 Å². The van der Waals surface area contributed by atoms with Crippen LogP contribution in [0.5, 0.6) is 0 Å². The van der Waals surface area contributed by atoms with Gasteiger partial charge in [-0.1, -0.05) is 120 Å². The lowest BCUT2D eigenvalue weighted by Gasteiger charge is -2.29. The first-order valence-electron chi connectivity index (χ1n) is 15.5. The van der Waals surface area contributed by atoms with Crippen molar-refractivity contribution in [2.45, 2.75) is 129 Å². The van der Waals surface area contributed by atoms with E-state index in [1.54, 1.807) is 0 Å². The fourth-order valence-corrected chi connectivity index (χ4v) is 5.60. The molecule has 1 fully saturated rings. The van der Waals surface area contributed by atoms with Gasteiger partial charge in [-0.05, 0) is 85.9 Å². The van der Waals surface area contributed by atoms with Crippen LogP contribution in [-0.2, 0) is 0 Å². The maximum absolute atomic E-state index is 3.35. The van der Waals surface area contributed by atoms with E-state index >= 15 is 0 Å². The number of benzene rings is 2. The van der Waals surface area contributed by atoms with Gasteiger partial charge in [0.25, 0.3) is 0 Å².